The highest BCUT2D eigenvalue weighted by Crippen LogP contribution is 2.05. The number of hydrogen-bond acceptors (Lipinski definition) is 2. The summed E-state index contributed by atoms with van der Waals surface area (Å²) in [6.07, 6.45) is 1.98. The molecule has 1 aromatic rings. The Morgan fingerprint density at radius 2 is 2.45 bits per heavy atom. The highest BCUT2D eigenvalue weighted by molar-refractivity contribution is 4.94. The Morgan fingerprint density at radius 1 is 1.73 bits per heavy atom. The topological polar surface area (TPSA) is 27.1 Å². The molecule has 1 atom stereocenters. The summed E-state index contributed by atoms with van der Waals surface area (Å²) >= 11 is 0. The van der Waals surface area contributed by atoms with Gasteiger partial charge >= 0.3 is 0 Å². The van der Waals surface area contributed by atoms with Crippen LogP contribution in [0.3, 0.4) is 0 Å². The number of nitrogens with zero attached hydrogens (tertiary/aromatic N) is 2. The van der Waals surface area contributed by atoms with Crippen molar-refractivity contribution >= 4 is 0 Å². The second-order valence-electron chi connectivity index (χ2n) is 2.49. The molecule has 0 N–H and O–H groups in total. The fraction of sp³-hybridized carbons (Fsp3) is 0.625. The third kappa shape index (κ3) is 2.05. The molecule has 0 aromatic carbocycles. The van der Waals surface area contributed by atoms with Gasteiger partial charge in [-0.1, -0.05) is 0 Å². The molecule has 1 heterocycles. The van der Waals surface area contributed by atoms with Crippen LogP contribution in [0.1, 0.15) is 25.8 Å². The highest BCUT2D eigenvalue weighted by atomic mass is 16.5. The van der Waals surface area contributed by atoms with Crippen LogP contribution in [0.5, 0.6) is 0 Å². The molecule has 3 heteroatoms. The van der Waals surface area contributed by atoms with E-state index in [1.54, 1.807) is 0 Å². The van der Waals surface area contributed by atoms with Gasteiger partial charge in [-0.15, -0.1) is 0 Å². The molecule has 0 aliphatic rings. The largest absolute Gasteiger partial charge is 0.357 e. The maximum absolute atomic E-state index is 5.34. The molecule has 1 aromatic heterocycles. The first kappa shape index (κ1) is 8.27. The third-order valence-electron chi connectivity index (χ3n) is 1.52. The molecular formula is C8H14N2O. The molecule has 3 nitrogen and oxygen atoms in total. The quantitative estimate of drug-likeness (QED) is 0.663. The lowest BCUT2D eigenvalue weighted by Gasteiger charge is -2.10. The Hall–Kier alpha value is -0.830. The number of aromatic nitrogens is 2. The lowest BCUT2D eigenvalue weighted by Crippen LogP contribution is -2.09. The summed E-state index contributed by atoms with van der Waals surface area (Å²) in [7, 11) is 0. The van der Waals surface area contributed by atoms with Gasteiger partial charge in [0.2, 0.25) is 0 Å². The van der Waals surface area contributed by atoms with E-state index in [9.17, 15) is 0 Å². The minimum Gasteiger partial charge on any atom is -0.357 e. The maximum Gasteiger partial charge on any atom is 0.147 e. The number of hydrogen-bond donors (Lipinski definition) is 0. The fourth-order valence-electron chi connectivity index (χ4n) is 0.953. The molecule has 0 amide bonds. The van der Waals surface area contributed by atoms with E-state index in [1.165, 1.54) is 0 Å². The van der Waals surface area contributed by atoms with E-state index in [0.717, 1.165) is 12.3 Å². The number of aryl methyl sites for hydroxylation is 1. The van der Waals surface area contributed by atoms with Gasteiger partial charge in [-0.25, -0.2) is 4.68 Å². The first-order valence-corrected chi connectivity index (χ1v) is 3.87. The van der Waals surface area contributed by atoms with Crippen LogP contribution in [0.4, 0.5) is 0 Å². The van der Waals surface area contributed by atoms with E-state index in [4.69, 9.17) is 4.74 Å². The van der Waals surface area contributed by atoms with E-state index >= 15 is 0 Å². The molecule has 0 saturated carbocycles. The molecule has 0 aliphatic heterocycles. The van der Waals surface area contributed by atoms with Crippen LogP contribution in [-0.2, 0) is 4.74 Å². The summed E-state index contributed by atoms with van der Waals surface area (Å²) in [4.78, 5) is 0. The van der Waals surface area contributed by atoms with Crippen LogP contribution in [-0.4, -0.2) is 16.4 Å². The first-order chi connectivity index (χ1) is 5.24. The van der Waals surface area contributed by atoms with Gasteiger partial charge in [-0.2, -0.15) is 5.10 Å². The van der Waals surface area contributed by atoms with Crippen LogP contribution in [0.15, 0.2) is 12.3 Å². The van der Waals surface area contributed by atoms with E-state index in [1.807, 2.05) is 37.7 Å². The number of ether oxygens (including phenoxy) is 1. The molecule has 1 unspecified atom stereocenters. The summed E-state index contributed by atoms with van der Waals surface area (Å²) in [5, 5.41) is 4.22. The van der Waals surface area contributed by atoms with Gasteiger partial charge in [0.1, 0.15) is 6.23 Å². The second kappa shape index (κ2) is 3.53. The van der Waals surface area contributed by atoms with Gasteiger partial charge in [-0.05, 0) is 26.8 Å². The normalized spacial score (nSPS) is 13.4. The smallest absolute Gasteiger partial charge is 0.147 e. The van der Waals surface area contributed by atoms with Crippen molar-refractivity contribution < 1.29 is 4.74 Å². The lowest BCUT2D eigenvalue weighted by atomic mass is 10.5. The van der Waals surface area contributed by atoms with Crippen molar-refractivity contribution in [2.45, 2.75) is 27.0 Å². The van der Waals surface area contributed by atoms with Crippen molar-refractivity contribution in [3.8, 4) is 0 Å². The predicted molar refractivity (Wildman–Crippen MR) is 43.3 cm³/mol. The van der Waals surface area contributed by atoms with Crippen LogP contribution in [0.2, 0.25) is 0 Å². The monoisotopic (exact) mass is 154 g/mol. The molecule has 0 aliphatic carbocycles. The van der Waals surface area contributed by atoms with Crippen LogP contribution >= 0.6 is 0 Å². The van der Waals surface area contributed by atoms with Gasteiger partial charge in [-0.3, -0.25) is 0 Å². The minimum atomic E-state index is 0.0497. The Morgan fingerprint density at radius 3 is 2.91 bits per heavy atom. The minimum absolute atomic E-state index is 0.0497. The van der Waals surface area contributed by atoms with Crippen molar-refractivity contribution in [3.05, 3.63) is 18.0 Å². The van der Waals surface area contributed by atoms with E-state index in [-0.39, 0.29) is 6.23 Å². The molecule has 0 spiro atoms. The molecule has 0 bridgehead atoms. The van der Waals surface area contributed by atoms with Gasteiger partial charge in [0.05, 0.1) is 5.69 Å². The molecule has 0 fully saturated rings. The first-order valence-electron chi connectivity index (χ1n) is 3.87. The second-order valence-corrected chi connectivity index (χ2v) is 2.49. The van der Waals surface area contributed by atoms with Crippen molar-refractivity contribution in [2.75, 3.05) is 6.61 Å². The van der Waals surface area contributed by atoms with Gasteiger partial charge in [0.15, 0.2) is 0 Å². The van der Waals surface area contributed by atoms with Crippen molar-refractivity contribution in [1.82, 2.24) is 9.78 Å². The van der Waals surface area contributed by atoms with Gasteiger partial charge < -0.3 is 4.74 Å². The third-order valence-corrected chi connectivity index (χ3v) is 1.52. The Kier molecular flexibility index (Phi) is 2.65. The van der Waals surface area contributed by atoms with Crippen molar-refractivity contribution in [1.29, 1.82) is 0 Å². The molecule has 1 rings (SSSR count). The van der Waals surface area contributed by atoms with E-state index in [0.29, 0.717) is 0 Å². The van der Waals surface area contributed by atoms with Gasteiger partial charge in [0.25, 0.3) is 0 Å². The SMILES string of the molecule is CCOC(C)n1ccc(C)n1. The summed E-state index contributed by atoms with van der Waals surface area (Å²) in [6.45, 7) is 6.65. The van der Waals surface area contributed by atoms with Crippen molar-refractivity contribution in [2.24, 2.45) is 0 Å². The zero-order valence-electron chi connectivity index (χ0n) is 7.24. The Bertz CT molecular complexity index is 220. The average molecular weight is 154 g/mol. The summed E-state index contributed by atoms with van der Waals surface area (Å²) < 4.78 is 7.16. The van der Waals surface area contributed by atoms with Crippen molar-refractivity contribution in [3.63, 3.8) is 0 Å². The molecule has 0 radical (unpaired) electrons. The molecule has 11 heavy (non-hydrogen) atoms. The maximum atomic E-state index is 5.34. The standard InChI is InChI=1S/C8H14N2O/c1-4-11-8(3)10-6-5-7(2)9-10/h5-6,8H,4H2,1-3H3. The van der Waals surface area contributed by atoms with Crippen LogP contribution < -0.4 is 0 Å². The molecular weight excluding hydrogens is 140 g/mol. The zero-order valence-corrected chi connectivity index (χ0v) is 7.24. The summed E-state index contributed by atoms with van der Waals surface area (Å²) in [5.74, 6) is 0. The number of rotatable bonds is 3. The Labute approximate surface area is 67.0 Å². The Balaban J connectivity index is 2.60. The lowest BCUT2D eigenvalue weighted by molar-refractivity contribution is 0.0158. The zero-order chi connectivity index (χ0) is 8.27. The fourth-order valence-corrected chi connectivity index (χ4v) is 0.953. The highest BCUT2D eigenvalue weighted by Gasteiger charge is 2.02. The van der Waals surface area contributed by atoms with Crippen LogP contribution in [0, 0.1) is 6.92 Å². The molecule has 0 saturated heterocycles. The summed E-state index contributed by atoms with van der Waals surface area (Å²) in [6, 6.07) is 1.97. The molecule has 62 valence electrons. The van der Waals surface area contributed by atoms with E-state index < -0.39 is 0 Å². The summed E-state index contributed by atoms with van der Waals surface area (Å²) in [5.41, 5.74) is 1.02. The predicted octanol–water partition coefficient (Wildman–Crippen LogP) is 1.75. The van der Waals surface area contributed by atoms with Crippen LogP contribution in [0.25, 0.3) is 0 Å². The van der Waals surface area contributed by atoms with E-state index in [2.05, 4.69) is 5.10 Å². The van der Waals surface area contributed by atoms with Gasteiger partial charge in [0, 0.05) is 12.8 Å². The average Bonchev–Trinajstić information content (AvgIpc) is 2.36.